The minimum atomic E-state index is -4.68. The van der Waals surface area contributed by atoms with Crippen LogP contribution in [0.5, 0.6) is 0 Å². The summed E-state index contributed by atoms with van der Waals surface area (Å²) in [5.41, 5.74) is 0.157. The van der Waals surface area contributed by atoms with Crippen LogP contribution >= 0.6 is 7.60 Å². The van der Waals surface area contributed by atoms with E-state index in [1.807, 2.05) is 0 Å². The number of Topliss-reactive ketones (excluding diaryl/α,β-unsaturated/α-hetero) is 1. The predicted octanol–water partition coefficient (Wildman–Crippen LogP) is 2.01. The molecular formula is C22H29FNO11P. The van der Waals surface area contributed by atoms with E-state index >= 15 is 0 Å². The monoisotopic (exact) mass is 532 g/mol. The van der Waals surface area contributed by atoms with E-state index in [0.29, 0.717) is 0 Å². The zero-order valence-corrected chi connectivity index (χ0v) is 20.5. The minimum absolute atomic E-state index is 0.157. The van der Waals surface area contributed by atoms with Crippen LogP contribution < -0.4 is 5.32 Å². The lowest BCUT2D eigenvalue weighted by Crippen LogP contribution is -2.47. The molecule has 14 heteroatoms. The van der Waals surface area contributed by atoms with Crippen molar-refractivity contribution < 1.29 is 57.7 Å². The van der Waals surface area contributed by atoms with Crippen molar-refractivity contribution in [3.63, 3.8) is 0 Å². The van der Waals surface area contributed by atoms with Gasteiger partial charge in [0.25, 0.3) is 0 Å². The summed E-state index contributed by atoms with van der Waals surface area (Å²) in [6.07, 6.45) is -2.30. The Kier molecular flexibility index (Phi) is 11.8. The van der Waals surface area contributed by atoms with Crippen LogP contribution in [0.1, 0.15) is 43.5 Å². The smallest absolute Gasteiger partial charge is 0.329 e. The van der Waals surface area contributed by atoms with Gasteiger partial charge in [0.15, 0.2) is 11.8 Å². The van der Waals surface area contributed by atoms with Gasteiger partial charge < -0.3 is 30.1 Å². The van der Waals surface area contributed by atoms with Gasteiger partial charge in [-0.25, -0.2) is 9.18 Å². The molecule has 0 aliphatic heterocycles. The van der Waals surface area contributed by atoms with E-state index in [-0.39, 0.29) is 12.0 Å². The van der Waals surface area contributed by atoms with E-state index < -0.39 is 92.4 Å². The van der Waals surface area contributed by atoms with Crippen molar-refractivity contribution in [3.05, 3.63) is 35.6 Å². The van der Waals surface area contributed by atoms with Crippen LogP contribution in [0.3, 0.4) is 0 Å². The largest absolute Gasteiger partial charge is 0.481 e. The quantitative estimate of drug-likeness (QED) is 0.154. The molecule has 0 fully saturated rings. The second kappa shape index (κ2) is 13.8. The molecule has 0 spiro atoms. The summed E-state index contributed by atoms with van der Waals surface area (Å²) >= 11 is 0. The van der Waals surface area contributed by atoms with Crippen molar-refractivity contribution >= 4 is 37.2 Å². The van der Waals surface area contributed by atoms with Crippen LogP contribution in [-0.4, -0.2) is 68.6 Å². The normalized spacial score (nSPS) is 15.4. The first-order chi connectivity index (χ1) is 16.6. The zero-order valence-electron chi connectivity index (χ0n) is 19.6. The molecule has 0 aliphatic carbocycles. The molecule has 12 nitrogen and oxygen atoms in total. The van der Waals surface area contributed by atoms with Crippen LogP contribution in [0.15, 0.2) is 24.3 Å². The van der Waals surface area contributed by atoms with Gasteiger partial charge in [-0.2, -0.15) is 0 Å². The molecule has 1 aromatic carbocycles. The van der Waals surface area contributed by atoms with Crippen molar-refractivity contribution in [1.82, 2.24) is 5.32 Å². The Bertz CT molecular complexity index is 1010. The molecule has 0 aromatic heterocycles. The fraction of sp³-hybridized carbons (Fsp3) is 0.500. The molecule has 36 heavy (non-hydrogen) atoms. The van der Waals surface area contributed by atoms with Gasteiger partial charge >= 0.3 is 25.5 Å². The highest BCUT2D eigenvalue weighted by molar-refractivity contribution is 7.52. The van der Waals surface area contributed by atoms with Gasteiger partial charge in [0, 0.05) is 24.3 Å². The molecule has 0 saturated heterocycles. The second-order valence-electron chi connectivity index (χ2n) is 8.47. The van der Waals surface area contributed by atoms with Gasteiger partial charge in [-0.1, -0.05) is 13.8 Å². The Morgan fingerprint density at radius 3 is 2.08 bits per heavy atom. The van der Waals surface area contributed by atoms with E-state index in [0.717, 1.165) is 12.1 Å². The summed E-state index contributed by atoms with van der Waals surface area (Å²) in [5, 5.41) is 29.4. The molecular weight excluding hydrogens is 503 g/mol. The number of nitrogens with one attached hydrogen (secondary N) is 1. The van der Waals surface area contributed by atoms with Gasteiger partial charge in [-0.3, -0.25) is 23.7 Å². The van der Waals surface area contributed by atoms with E-state index in [4.69, 9.17) is 14.7 Å². The van der Waals surface area contributed by atoms with Crippen LogP contribution in [0.25, 0.3) is 0 Å². The van der Waals surface area contributed by atoms with Crippen LogP contribution in [-0.2, 0) is 28.3 Å². The Morgan fingerprint density at radius 2 is 1.61 bits per heavy atom. The first kappa shape index (κ1) is 30.9. The van der Waals surface area contributed by atoms with Crippen LogP contribution in [0.4, 0.5) is 4.39 Å². The van der Waals surface area contributed by atoms with Gasteiger partial charge in [0.1, 0.15) is 5.82 Å². The zero-order chi connectivity index (χ0) is 27.6. The first-order valence-electron chi connectivity index (χ1n) is 10.9. The van der Waals surface area contributed by atoms with E-state index in [1.165, 1.54) is 12.1 Å². The first-order valence-corrected chi connectivity index (χ1v) is 12.6. The average Bonchev–Trinajstić information content (AvgIpc) is 2.77. The lowest BCUT2D eigenvalue weighted by molar-refractivity contribution is -0.144. The molecule has 1 amide bonds. The number of ketones is 1. The summed E-state index contributed by atoms with van der Waals surface area (Å²) < 4.78 is 30.1. The number of carboxylic acid groups (broad SMARTS) is 3. The molecule has 0 heterocycles. The highest BCUT2D eigenvalue weighted by Crippen LogP contribution is 2.44. The molecule has 0 saturated carbocycles. The molecule has 4 atom stereocenters. The maximum atomic E-state index is 13.1. The minimum Gasteiger partial charge on any atom is -0.481 e. The highest BCUT2D eigenvalue weighted by Gasteiger charge is 2.34. The Balaban J connectivity index is 2.85. The topological polar surface area (TPSA) is 205 Å². The fourth-order valence-electron chi connectivity index (χ4n) is 3.15. The van der Waals surface area contributed by atoms with Crippen molar-refractivity contribution in [2.45, 2.75) is 39.2 Å². The third kappa shape index (κ3) is 10.6. The van der Waals surface area contributed by atoms with Gasteiger partial charge in [-0.15, -0.1) is 0 Å². The summed E-state index contributed by atoms with van der Waals surface area (Å²) in [6.45, 7) is 2.26. The van der Waals surface area contributed by atoms with Gasteiger partial charge in [0.05, 0.1) is 18.7 Å². The van der Waals surface area contributed by atoms with Crippen molar-refractivity contribution in [2.75, 3.05) is 12.8 Å². The maximum Gasteiger partial charge on any atom is 0.329 e. The number of rotatable bonds is 16. The lowest BCUT2D eigenvalue weighted by Gasteiger charge is -2.23. The molecule has 0 radical (unpaired) electrons. The SMILES string of the molecule is CC(C)C(CC(=O)c1ccc([18F])cc1)C(=O)N[C@@H](COP(=O)(O)CC(CCC(=O)O)C(=O)O)C(=O)O. The number of halogens is 1. The molecule has 1 rings (SSSR count). The highest BCUT2D eigenvalue weighted by atomic mass is 31.2. The van der Waals surface area contributed by atoms with Crippen LogP contribution in [0, 0.1) is 23.6 Å². The molecule has 1 aromatic rings. The number of hydrogen-bond acceptors (Lipinski definition) is 7. The third-order valence-electron chi connectivity index (χ3n) is 5.28. The second-order valence-corrected chi connectivity index (χ2v) is 10.4. The predicted molar refractivity (Wildman–Crippen MR) is 122 cm³/mol. The Labute approximate surface area is 206 Å². The standard InChI is InChI=1S/C22H29FNO11P/c1-12(2)16(9-18(25)13-3-6-15(23)7-4-13)20(28)24-17(22(31)32)10-35-36(33,34)11-14(21(29)30)5-8-19(26)27/h3-4,6-7,12,14,16-17H,5,8-11H2,1-2H3,(H,24,28)(H,26,27)(H,29,30)(H,31,32)(H,33,34)/t14?,16?,17-/m0/s1/i23-1. The third-order valence-corrected chi connectivity index (χ3v) is 6.73. The number of aliphatic carboxylic acids is 3. The van der Waals surface area contributed by atoms with Crippen LogP contribution in [0.2, 0.25) is 0 Å². The summed E-state index contributed by atoms with van der Waals surface area (Å²) in [7, 11) is -4.68. The van der Waals surface area contributed by atoms with E-state index in [2.05, 4.69) is 5.32 Å². The summed E-state index contributed by atoms with van der Waals surface area (Å²) in [4.78, 5) is 68.7. The number of carbonyl (C=O) groups excluding carboxylic acids is 2. The van der Waals surface area contributed by atoms with Crippen molar-refractivity contribution in [1.29, 1.82) is 0 Å². The molecule has 200 valence electrons. The lowest BCUT2D eigenvalue weighted by atomic mass is 9.88. The number of benzene rings is 1. The number of hydrogen-bond donors (Lipinski definition) is 5. The van der Waals surface area contributed by atoms with Gasteiger partial charge in [-0.05, 0) is 36.6 Å². The summed E-state index contributed by atoms with van der Waals surface area (Å²) in [5.74, 6) is -9.25. The summed E-state index contributed by atoms with van der Waals surface area (Å²) in [6, 6.07) is 2.86. The molecule has 5 N–H and O–H groups in total. The maximum absolute atomic E-state index is 13.1. The van der Waals surface area contributed by atoms with E-state index in [1.54, 1.807) is 13.8 Å². The number of carboxylic acids is 3. The molecule has 0 bridgehead atoms. The van der Waals surface area contributed by atoms with Crippen molar-refractivity contribution in [3.8, 4) is 0 Å². The Hall–Kier alpha value is -3.15. The van der Waals surface area contributed by atoms with Gasteiger partial charge in [0.2, 0.25) is 5.91 Å². The Morgan fingerprint density at radius 1 is 1.03 bits per heavy atom. The number of carbonyl (C=O) groups is 5. The van der Waals surface area contributed by atoms with Crippen molar-refractivity contribution in [2.24, 2.45) is 17.8 Å². The average molecular weight is 532 g/mol. The number of amides is 1. The molecule has 0 aliphatic rings. The van der Waals surface area contributed by atoms with E-state index in [9.17, 15) is 42.9 Å². The molecule has 3 unspecified atom stereocenters. The fourth-order valence-corrected chi connectivity index (χ4v) is 4.53.